The molecule has 3 heterocycles. The number of halogens is 1. The molecule has 0 spiro atoms. The van der Waals surface area contributed by atoms with Crippen LogP contribution in [0.3, 0.4) is 0 Å². The van der Waals surface area contributed by atoms with E-state index in [-0.39, 0.29) is 11.8 Å². The molecule has 8 nitrogen and oxygen atoms in total. The van der Waals surface area contributed by atoms with Gasteiger partial charge in [-0.05, 0) is 19.1 Å². The Morgan fingerprint density at radius 1 is 1.03 bits per heavy atom. The van der Waals surface area contributed by atoms with Crippen LogP contribution in [0, 0.1) is 12.7 Å². The quantitative estimate of drug-likeness (QED) is 0.743. The Morgan fingerprint density at radius 3 is 2.40 bits per heavy atom. The number of morpholine rings is 1. The molecule has 1 aromatic carbocycles. The maximum Gasteiger partial charge on any atom is 0.257 e. The summed E-state index contributed by atoms with van der Waals surface area (Å²) in [5, 5.41) is 4.22. The Morgan fingerprint density at radius 2 is 1.70 bits per heavy atom. The standard InChI is InChI=1S/C21H26FN5O3/c1-16-17(14-23-27(16)19-5-3-2-4-18(19)22)21(29)26-8-6-25(7-9-26)20(28)15-24-10-12-30-13-11-24/h2-5,14H,6-13,15H2,1H3. The van der Waals surface area contributed by atoms with Crippen molar-refractivity contribution in [3.63, 3.8) is 0 Å². The van der Waals surface area contributed by atoms with Crippen LogP contribution in [0.4, 0.5) is 4.39 Å². The molecule has 1 aromatic heterocycles. The summed E-state index contributed by atoms with van der Waals surface area (Å²) in [6.45, 7) is 6.98. The molecule has 0 N–H and O–H groups in total. The van der Waals surface area contributed by atoms with Crippen molar-refractivity contribution in [3.05, 3.63) is 47.5 Å². The summed E-state index contributed by atoms with van der Waals surface area (Å²) < 4.78 is 20.9. The highest BCUT2D eigenvalue weighted by Crippen LogP contribution is 2.19. The normalized spacial score (nSPS) is 17.9. The van der Waals surface area contributed by atoms with Crippen LogP contribution in [0.5, 0.6) is 0 Å². The van der Waals surface area contributed by atoms with Gasteiger partial charge in [0, 0.05) is 39.3 Å². The van der Waals surface area contributed by atoms with Gasteiger partial charge in [0.05, 0.1) is 37.2 Å². The molecule has 160 valence electrons. The smallest absolute Gasteiger partial charge is 0.257 e. The molecule has 2 aliphatic rings. The van der Waals surface area contributed by atoms with E-state index in [1.54, 1.807) is 30.0 Å². The van der Waals surface area contributed by atoms with Crippen molar-refractivity contribution in [1.29, 1.82) is 0 Å². The summed E-state index contributed by atoms with van der Waals surface area (Å²) in [5.74, 6) is -0.446. The number of hydrogen-bond donors (Lipinski definition) is 0. The molecule has 2 fully saturated rings. The molecule has 2 aliphatic heterocycles. The molecule has 4 rings (SSSR count). The van der Waals surface area contributed by atoms with E-state index in [0.717, 1.165) is 13.1 Å². The first-order valence-electron chi connectivity index (χ1n) is 10.2. The number of rotatable bonds is 4. The van der Waals surface area contributed by atoms with Crippen molar-refractivity contribution in [1.82, 2.24) is 24.5 Å². The largest absolute Gasteiger partial charge is 0.379 e. The second-order valence-electron chi connectivity index (χ2n) is 7.57. The molecule has 0 bridgehead atoms. The Labute approximate surface area is 174 Å². The van der Waals surface area contributed by atoms with Crippen LogP contribution in [0.2, 0.25) is 0 Å². The van der Waals surface area contributed by atoms with E-state index in [0.29, 0.717) is 62.9 Å². The first-order chi connectivity index (χ1) is 14.5. The fourth-order valence-corrected chi connectivity index (χ4v) is 3.87. The number of para-hydroxylation sites is 1. The van der Waals surface area contributed by atoms with Gasteiger partial charge in [-0.1, -0.05) is 12.1 Å². The summed E-state index contributed by atoms with van der Waals surface area (Å²) in [6.07, 6.45) is 1.49. The number of carbonyl (C=O) groups excluding carboxylic acids is 2. The van der Waals surface area contributed by atoms with Crippen LogP contribution in [0.1, 0.15) is 16.1 Å². The number of amides is 2. The first-order valence-corrected chi connectivity index (χ1v) is 10.2. The van der Waals surface area contributed by atoms with Gasteiger partial charge in [-0.25, -0.2) is 9.07 Å². The van der Waals surface area contributed by atoms with Gasteiger partial charge < -0.3 is 14.5 Å². The third kappa shape index (κ3) is 4.22. The van der Waals surface area contributed by atoms with Crippen molar-refractivity contribution in [3.8, 4) is 5.69 Å². The minimum Gasteiger partial charge on any atom is -0.379 e. The van der Waals surface area contributed by atoms with E-state index in [4.69, 9.17) is 4.74 Å². The number of benzene rings is 1. The zero-order valence-corrected chi connectivity index (χ0v) is 17.1. The SMILES string of the molecule is Cc1c(C(=O)N2CCN(C(=O)CN3CCOCC3)CC2)cnn1-c1ccccc1F. The summed E-state index contributed by atoms with van der Waals surface area (Å²) in [4.78, 5) is 31.2. The number of piperazine rings is 1. The minimum absolute atomic E-state index is 0.0903. The molecule has 0 unspecified atom stereocenters. The van der Waals surface area contributed by atoms with Crippen molar-refractivity contribution in [2.75, 3.05) is 59.0 Å². The lowest BCUT2D eigenvalue weighted by Gasteiger charge is -2.36. The van der Waals surface area contributed by atoms with Crippen molar-refractivity contribution < 1.29 is 18.7 Å². The third-order valence-electron chi connectivity index (χ3n) is 5.70. The van der Waals surface area contributed by atoms with E-state index in [1.165, 1.54) is 16.9 Å². The highest BCUT2D eigenvalue weighted by molar-refractivity contribution is 5.95. The number of nitrogens with zero attached hydrogens (tertiary/aromatic N) is 5. The molecule has 9 heteroatoms. The highest BCUT2D eigenvalue weighted by atomic mass is 19.1. The lowest BCUT2D eigenvalue weighted by atomic mass is 10.2. The van der Waals surface area contributed by atoms with E-state index in [1.807, 2.05) is 4.90 Å². The van der Waals surface area contributed by atoms with Gasteiger partial charge >= 0.3 is 0 Å². The van der Waals surface area contributed by atoms with Gasteiger partial charge in [-0.3, -0.25) is 14.5 Å². The predicted octanol–water partition coefficient (Wildman–Crippen LogP) is 0.936. The topological polar surface area (TPSA) is 70.9 Å². The molecule has 0 atom stereocenters. The fourth-order valence-electron chi connectivity index (χ4n) is 3.87. The molecule has 0 aliphatic carbocycles. The average Bonchev–Trinajstić information content (AvgIpc) is 3.15. The Hall–Kier alpha value is -2.78. The predicted molar refractivity (Wildman–Crippen MR) is 108 cm³/mol. The van der Waals surface area contributed by atoms with Gasteiger partial charge in [-0.2, -0.15) is 5.10 Å². The third-order valence-corrected chi connectivity index (χ3v) is 5.70. The maximum absolute atomic E-state index is 14.1. The van der Waals surface area contributed by atoms with Crippen LogP contribution in [0.15, 0.2) is 30.5 Å². The molecular weight excluding hydrogens is 389 g/mol. The Balaban J connectivity index is 1.37. The van der Waals surface area contributed by atoms with Crippen LogP contribution in [0.25, 0.3) is 5.69 Å². The molecule has 0 radical (unpaired) electrons. The number of hydrogen-bond acceptors (Lipinski definition) is 5. The van der Waals surface area contributed by atoms with Gasteiger partial charge in [0.2, 0.25) is 5.91 Å². The second-order valence-corrected chi connectivity index (χ2v) is 7.57. The highest BCUT2D eigenvalue weighted by Gasteiger charge is 2.28. The Kier molecular flexibility index (Phi) is 6.10. The number of ether oxygens (including phenoxy) is 1. The van der Waals surface area contributed by atoms with Gasteiger partial charge in [0.25, 0.3) is 5.91 Å². The first kappa shape index (κ1) is 20.5. The van der Waals surface area contributed by atoms with Crippen molar-refractivity contribution in [2.45, 2.75) is 6.92 Å². The number of aromatic nitrogens is 2. The molecular formula is C21H26FN5O3. The van der Waals surface area contributed by atoms with Crippen LogP contribution >= 0.6 is 0 Å². The van der Waals surface area contributed by atoms with E-state index in [2.05, 4.69) is 10.00 Å². The summed E-state index contributed by atoms with van der Waals surface area (Å²) in [5.41, 5.74) is 1.36. The lowest BCUT2D eigenvalue weighted by molar-refractivity contribution is -0.134. The monoisotopic (exact) mass is 415 g/mol. The fraction of sp³-hybridized carbons (Fsp3) is 0.476. The molecule has 2 amide bonds. The molecule has 30 heavy (non-hydrogen) atoms. The van der Waals surface area contributed by atoms with E-state index >= 15 is 0 Å². The molecule has 0 saturated carbocycles. The van der Waals surface area contributed by atoms with Crippen molar-refractivity contribution >= 4 is 11.8 Å². The minimum atomic E-state index is -0.393. The lowest BCUT2D eigenvalue weighted by Crippen LogP contribution is -2.53. The van der Waals surface area contributed by atoms with Crippen molar-refractivity contribution in [2.24, 2.45) is 0 Å². The molecule has 2 saturated heterocycles. The number of carbonyl (C=O) groups is 2. The zero-order chi connectivity index (χ0) is 21.1. The van der Waals surface area contributed by atoms with Gasteiger partial charge in [0.1, 0.15) is 11.5 Å². The van der Waals surface area contributed by atoms with Crippen LogP contribution < -0.4 is 0 Å². The van der Waals surface area contributed by atoms with Gasteiger partial charge in [0.15, 0.2) is 0 Å². The zero-order valence-electron chi connectivity index (χ0n) is 17.1. The second kappa shape index (κ2) is 8.93. The summed E-state index contributed by atoms with van der Waals surface area (Å²) >= 11 is 0. The van der Waals surface area contributed by atoms with E-state index in [9.17, 15) is 14.0 Å². The molecule has 2 aromatic rings. The van der Waals surface area contributed by atoms with Crippen LogP contribution in [-0.4, -0.2) is 95.3 Å². The van der Waals surface area contributed by atoms with E-state index < -0.39 is 5.82 Å². The van der Waals surface area contributed by atoms with Gasteiger partial charge in [-0.15, -0.1) is 0 Å². The summed E-state index contributed by atoms with van der Waals surface area (Å²) in [6, 6.07) is 6.34. The average molecular weight is 415 g/mol. The Bertz CT molecular complexity index is 917. The van der Waals surface area contributed by atoms with Crippen LogP contribution in [-0.2, 0) is 9.53 Å². The maximum atomic E-state index is 14.1. The summed E-state index contributed by atoms with van der Waals surface area (Å²) in [7, 11) is 0.